The first kappa shape index (κ1) is 11.0. The van der Waals surface area contributed by atoms with Gasteiger partial charge in [-0.25, -0.2) is 14.2 Å². The van der Waals surface area contributed by atoms with Crippen molar-refractivity contribution in [3.05, 3.63) is 51.8 Å². The SMILES string of the molecule is Cc1cnc(=O)[nH]c1-c1cc(F)cc(C#N)c1. The van der Waals surface area contributed by atoms with Gasteiger partial charge in [0.15, 0.2) is 0 Å². The molecule has 0 aliphatic heterocycles. The molecule has 0 radical (unpaired) electrons. The maximum Gasteiger partial charge on any atom is 0.345 e. The molecule has 0 aliphatic rings. The van der Waals surface area contributed by atoms with E-state index in [2.05, 4.69) is 9.97 Å². The van der Waals surface area contributed by atoms with E-state index in [-0.39, 0.29) is 5.56 Å². The molecule has 0 saturated carbocycles. The van der Waals surface area contributed by atoms with Gasteiger partial charge < -0.3 is 4.98 Å². The van der Waals surface area contributed by atoms with Crippen molar-refractivity contribution < 1.29 is 4.39 Å². The van der Waals surface area contributed by atoms with Crippen molar-refractivity contribution in [1.29, 1.82) is 5.26 Å². The van der Waals surface area contributed by atoms with E-state index < -0.39 is 11.5 Å². The van der Waals surface area contributed by atoms with Crippen LogP contribution in [0.4, 0.5) is 4.39 Å². The minimum absolute atomic E-state index is 0.206. The van der Waals surface area contributed by atoms with E-state index in [1.807, 2.05) is 6.07 Å². The minimum Gasteiger partial charge on any atom is -0.305 e. The Bertz CT molecular complexity index is 670. The number of nitrogens with zero attached hydrogens (tertiary/aromatic N) is 2. The van der Waals surface area contributed by atoms with Crippen LogP contribution in [0.3, 0.4) is 0 Å². The van der Waals surface area contributed by atoms with Crippen LogP contribution in [0.1, 0.15) is 11.1 Å². The number of rotatable bonds is 1. The summed E-state index contributed by atoms with van der Waals surface area (Å²) in [7, 11) is 0. The number of nitrogens with one attached hydrogen (secondary N) is 1. The summed E-state index contributed by atoms with van der Waals surface area (Å²) in [6, 6.07) is 5.78. The number of aromatic amines is 1. The van der Waals surface area contributed by atoms with Gasteiger partial charge in [0.25, 0.3) is 0 Å². The zero-order valence-corrected chi connectivity index (χ0v) is 8.99. The smallest absolute Gasteiger partial charge is 0.305 e. The van der Waals surface area contributed by atoms with Crippen molar-refractivity contribution >= 4 is 0 Å². The minimum atomic E-state index is -0.517. The van der Waals surface area contributed by atoms with Crippen LogP contribution in [-0.2, 0) is 0 Å². The molecule has 0 saturated heterocycles. The molecule has 17 heavy (non-hydrogen) atoms. The third-order valence-corrected chi connectivity index (χ3v) is 2.32. The van der Waals surface area contributed by atoms with E-state index in [0.29, 0.717) is 16.8 Å². The highest BCUT2D eigenvalue weighted by atomic mass is 19.1. The summed E-state index contributed by atoms with van der Waals surface area (Å²) in [6.07, 6.45) is 1.41. The van der Waals surface area contributed by atoms with Crippen LogP contribution in [0.25, 0.3) is 11.3 Å². The van der Waals surface area contributed by atoms with Crippen molar-refractivity contribution in [1.82, 2.24) is 9.97 Å². The Morgan fingerprint density at radius 2 is 2.18 bits per heavy atom. The molecule has 0 atom stereocenters. The van der Waals surface area contributed by atoms with E-state index >= 15 is 0 Å². The topological polar surface area (TPSA) is 69.5 Å². The van der Waals surface area contributed by atoms with Gasteiger partial charge >= 0.3 is 5.69 Å². The van der Waals surface area contributed by atoms with E-state index in [4.69, 9.17) is 5.26 Å². The molecule has 1 N–H and O–H groups in total. The van der Waals surface area contributed by atoms with Gasteiger partial charge in [-0.1, -0.05) is 0 Å². The van der Waals surface area contributed by atoms with Crippen molar-refractivity contribution in [3.63, 3.8) is 0 Å². The molecule has 84 valence electrons. The van der Waals surface area contributed by atoms with Gasteiger partial charge in [-0.15, -0.1) is 0 Å². The summed E-state index contributed by atoms with van der Waals surface area (Å²) in [5, 5.41) is 8.76. The lowest BCUT2D eigenvalue weighted by Crippen LogP contribution is -2.11. The third-order valence-electron chi connectivity index (χ3n) is 2.32. The third kappa shape index (κ3) is 2.21. The molecule has 0 fully saturated rings. The van der Waals surface area contributed by atoms with Crippen LogP contribution >= 0.6 is 0 Å². The molecule has 0 unspecified atom stereocenters. The van der Waals surface area contributed by atoms with E-state index in [9.17, 15) is 9.18 Å². The van der Waals surface area contributed by atoms with Crippen LogP contribution in [-0.4, -0.2) is 9.97 Å². The number of aryl methyl sites for hydroxylation is 1. The molecule has 0 amide bonds. The lowest BCUT2D eigenvalue weighted by atomic mass is 10.1. The highest BCUT2D eigenvalue weighted by Crippen LogP contribution is 2.21. The molecular formula is C12H8FN3O. The normalized spacial score (nSPS) is 9.94. The molecule has 2 aromatic rings. The summed E-state index contributed by atoms with van der Waals surface area (Å²) in [5.41, 5.74) is 1.34. The van der Waals surface area contributed by atoms with Gasteiger partial charge in [0, 0.05) is 11.8 Å². The predicted molar refractivity (Wildman–Crippen MR) is 59.7 cm³/mol. The Morgan fingerprint density at radius 1 is 1.41 bits per heavy atom. The molecular weight excluding hydrogens is 221 g/mol. The van der Waals surface area contributed by atoms with Crippen molar-refractivity contribution in [2.45, 2.75) is 6.92 Å². The van der Waals surface area contributed by atoms with Gasteiger partial charge in [0.2, 0.25) is 0 Å². The van der Waals surface area contributed by atoms with Crippen molar-refractivity contribution in [3.8, 4) is 17.3 Å². The van der Waals surface area contributed by atoms with Gasteiger partial charge in [-0.2, -0.15) is 5.26 Å². The Hall–Kier alpha value is -2.48. The zero-order chi connectivity index (χ0) is 12.4. The molecule has 0 spiro atoms. The molecule has 1 aromatic carbocycles. The molecule has 1 aromatic heterocycles. The fraction of sp³-hybridized carbons (Fsp3) is 0.0833. The second kappa shape index (κ2) is 4.18. The highest BCUT2D eigenvalue weighted by Gasteiger charge is 2.07. The Morgan fingerprint density at radius 3 is 2.88 bits per heavy atom. The summed E-state index contributed by atoms with van der Waals surface area (Å²) >= 11 is 0. The zero-order valence-electron chi connectivity index (χ0n) is 8.99. The first-order chi connectivity index (χ1) is 8.10. The molecule has 1 heterocycles. The maximum atomic E-state index is 13.3. The molecule has 0 bridgehead atoms. The summed E-state index contributed by atoms with van der Waals surface area (Å²) < 4.78 is 13.3. The van der Waals surface area contributed by atoms with E-state index in [1.54, 1.807) is 6.92 Å². The first-order valence-electron chi connectivity index (χ1n) is 4.87. The second-order valence-corrected chi connectivity index (χ2v) is 3.59. The standard InChI is InChI=1S/C12H8FN3O/c1-7-6-15-12(17)16-11(7)9-2-8(5-14)3-10(13)4-9/h2-4,6H,1H3,(H,15,16,17). The van der Waals surface area contributed by atoms with Crippen LogP contribution in [0, 0.1) is 24.1 Å². The lowest BCUT2D eigenvalue weighted by molar-refractivity contribution is 0.627. The average molecular weight is 229 g/mol. The number of aromatic nitrogens is 2. The van der Waals surface area contributed by atoms with E-state index in [1.165, 1.54) is 18.3 Å². The quantitative estimate of drug-likeness (QED) is 0.809. The first-order valence-corrected chi connectivity index (χ1v) is 4.87. The van der Waals surface area contributed by atoms with Crippen LogP contribution in [0.2, 0.25) is 0 Å². The number of hydrogen-bond acceptors (Lipinski definition) is 3. The Balaban J connectivity index is 2.68. The Kier molecular flexibility index (Phi) is 2.71. The Labute approximate surface area is 96.4 Å². The summed E-state index contributed by atoms with van der Waals surface area (Å²) in [4.78, 5) is 17.2. The predicted octanol–water partition coefficient (Wildman–Crippen LogP) is 1.76. The van der Waals surface area contributed by atoms with Crippen molar-refractivity contribution in [2.24, 2.45) is 0 Å². The molecule has 5 heteroatoms. The van der Waals surface area contributed by atoms with Gasteiger partial charge in [0.05, 0.1) is 17.3 Å². The second-order valence-electron chi connectivity index (χ2n) is 3.59. The van der Waals surface area contributed by atoms with Crippen LogP contribution in [0.15, 0.2) is 29.2 Å². The fourth-order valence-electron chi connectivity index (χ4n) is 1.56. The maximum absolute atomic E-state index is 13.3. The average Bonchev–Trinajstić information content (AvgIpc) is 2.31. The molecule has 2 rings (SSSR count). The van der Waals surface area contributed by atoms with Crippen LogP contribution in [0.5, 0.6) is 0 Å². The van der Waals surface area contributed by atoms with Gasteiger partial charge in [-0.3, -0.25) is 0 Å². The summed E-state index contributed by atoms with van der Waals surface area (Å²) in [6.45, 7) is 1.75. The lowest BCUT2D eigenvalue weighted by Gasteiger charge is -2.05. The van der Waals surface area contributed by atoms with Crippen LogP contribution < -0.4 is 5.69 Å². The molecule has 0 aliphatic carbocycles. The van der Waals surface area contributed by atoms with Crippen molar-refractivity contribution in [2.75, 3.05) is 0 Å². The highest BCUT2D eigenvalue weighted by molar-refractivity contribution is 5.64. The number of H-pyrrole nitrogens is 1. The molecule has 4 nitrogen and oxygen atoms in total. The number of hydrogen-bond donors (Lipinski definition) is 1. The number of benzene rings is 1. The number of nitriles is 1. The number of halogens is 1. The van der Waals surface area contributed by atoms with Gasteiger partial charge in [0.1, 0.15) is 5.82 Å². The monoisotopic (exact) mass is 229 g/mol. The van der Waals surface area contributed by atoms with Gasteiger partial charge in [-0.05, 0) is 30.7 Å². The fourth-order valence-corrected chi connectivity index (χ4v) is 1.56. The summed E-state index contributed by atoms with van der Waals surface area (Å²) in [5.74, 6) is -0.517. The van der Waals surface area contributed by atoms with E-state index in [0.717, 1.165) is 6.07 Å². The largest absolute Gasteiger partial charge is 0.345 e.